The first-order valence-corrected chi connectivity index (χ1v) is 7.75. The van der Waals surface area contributed by atoms with Crippen LogP contribution in [0.25, 0.3) is 0 Å². The van der Waals surface area contributed by atoms with Gasteiger partial charge in [-0.15, -0.1) is 0 Å². The Morgan fingerprint density at radius 1 is 1.30 bits per heavy atom. The molecule has 6 nitrogen and oxygen atoms in total. The number of nitrogens with zero attached hydrogens (tertiary/aromatic N) is 1. The fourth-order valence-corrected chi connectivity index (χ4v) is 2.73. The zero-order valence-corrected chi connectivity index (χ0v) is 13.3. The molecule has 1 aromatic rings. The van der Waals surface area contributed by atoms with Crippen molar-refractivity contribution in [2.75, 3.05) is 6.61 Å². The Kier molecular flexibility index (Phi) is 5.36. The number of carbonyl (C=O) groups excluding carboxylic acids is 2. The van der Waals surface area contributed by atoms with Gasteiger partial charge in [-0.05, 0) is 18.9 Å². The maximum atomic E-state index is 12.2. The first-order valence-electron chi connectivity index (χ1n) is 7.75. The second-order valence-electron chi connectivity index (χ2n) is 5.61. The van der Waals surface area contributed by atoms with E-state index in [0.717, 1.165) is 12.0 Å². The van der Waals surface area contributed by atoms with Gasteiger partial charge in [-0.25, -0.2) is 4.79 Å². The lowest BCUT2D eigenvalue weighted by Crippen LogP contribution is -2.67. The van der Waals surface area contributed by atoms with E-state index in [-0.39, 0.29) is 12.6 Å². The number of β-lactam (4-membered cyclic amide) rings is 1. The Morgan fingerprint density at radius 2 is 1.96 bits per heavy atom. The second kappa shape index (κ2) is 7.26. The summed E-state index contributed by atoms with van der Waals surface area (Å²) in [6.45, 7) is 3.97. The zero-order chi connectivity index (χ0) is 17.0. The van der Waals surface area contributed by atoms with Gasteiger partial charge in [-0.1, -0.05) is 43.7 Å². The van der Waals surface area contributed by atoms with E-state index in [1.54, 1.807) is 6.92 Å². The van der Waals surface area contributed by atoms with Crippen molar-refractivity contribution >= 4 is 17.8 Å². The normalized spacial score (nSPS) is 21.5. The van der Waals surface area contributed by atoms with Crippen LogP contribution in [0, 0.1) is 5.92 Å². The molecule has 1 heterocycles. The molecule has 1 aliphatic rings. The van der Waals surface area contributed by atoms with Crippen LogP contribution in [-0.4, -0.2) is 40.5 Å². The summed E-state index contributed by atoms with van der Waals surface area (Å²) in [5, 5.41) is 9.21. The Morgan fingerprint density at radius 3 is 2.52 bits per heavy atom. The molecule has 1 fully saturated rings. The second-order valence-corrected chi connectivity index (χ2v) is 5.61. The lowest BCUT2D eigenvalue weighted by atomic mass is 9.84. The van der Waals surface area contributed by atoms with E-state index in [4.69, 9.17) is 4.74 Å². The minimum Gasteiger partial charge on any atom is -0.481 e. The van der Waals surface area contributed by atoms with Crippen LogP contribution in [0.15, 0.2) is 30.3 Å². The highest BCUT2D eigenvalue weighted by Crippen LogP contribution is 2.36. The first kappa shape index (κ1) is 17.0. The fourth-order valence-electron chi connectivity index (χ4n) is 2.73. The van der Waals surface area contributed by atoms with Crippen molar-refractivity contribution in [3.8, 4) is 0 Å². The van der Waals surface area contributed by atoms with Crippen molar-refractivity contribution in [1.29, 1.82) is 0 Å². The molecule has 0 aromatic heterocycles. The van der Waals surface area contributed by atoms with Gasteiger partial charge in [-0.2, -0.15) is 0 Å². The molecule has 1 amide bonds. The number of carboxylic acid groups (broad SMARTS) is 1. The lowest BCUT2D eigenvalue weighted by molar-refractivity contribution is -0.185. The number of esters is 1. The number of rotatable bonds is 7. The lowest BCUT2D eigenvalue weighted by Gasteiger charge is -2.46. The number of ether oxygens (including phenoxy) is 1. The molecule has 0 aliphatic carbocycles. The summed E-state index contributed by atoms with van der Waals surface area (Å²) in [5.41, 5.74) is 0.844. The molecule has 1 saturated heterocycles. The third-order valence-electron chi connectivity index (χ3n) is 4.08. The molecule has 3 atom stereocenters. The summed E-state index contributed by atoms with van der Waals surface area (Å²) in [6, 6.07) is 7.75. The van der Waals surface area contributed by atoms with Crippen LogP contribution < -0.4 is 0 Å². The monoisotopic (exact) mass is 319 g/mol. The van der Waals surface area contributed by atoms with Crippen molar-refractivity contribution in [1.82, 2.24) is 4.90 Å². The minimum absolute atomic E-state index is 0.236. The molecule has 23 heavy (non-hydrogen) atoms. The van der Waals surface area contributed by atoms with E-state index in [1.165, 1.54) is 4.90 Å². The minimum atomic E-state index is -1.35. The van der Waals surface area contributed by atoms with Crippen LogP contribution in [0.3, 0.4) is 0 Å². The standard InChI is InChI=1S/C17H21NO5/c1-3-4-10-23-17(22)14-13(16(20)21)15(19)18(14)11(2)12-8-6-5-7-9-12/h5-9,11,13-14H,3-4,10H2,1-2H3,(H,20,21). The number of benzene rings is 1. The van der Waals surface area contributed by atoms with Gasteiger partial charge in [0.05, 0.1) is 12.6 Å². The van der Waals surface area contributed by atoms with Crippen molar-refractivity contribution in [3.05, 3.63) is 35.9 Å². The molecule has 1 aromatic carbocycles. The molecular weight excluding hydrogens is 298 g/mol. The molecule has 2 rings (SSSR count). The molecule has 6 heteroatoms. The largest absolute Gasteiger partial charge is 0.481 e. The van der Waals surface area contributed by atoms with Crippen molar-refractivity contribution in [2.24, 2.45) is 5.92 Å². The third kappa shape index (κ3) is 3.36. The molecule has 0 radical (unpaired) electrons. The number of carboxylic acids is 1. The molecule has 124 valence electrons. The quantitative estimate of drug-likeness (QED) is 0.360. The highest BCUT2D eigenvalue weighted by Gasteiger charge is 2.58. The van der Waals surface area contributed by atoms with Crippen LogP contribution in [0.5, 0.6) is 0 Å². The Labute approximate surface area is 135 Å². The molecule has 3 unspecified atom stereocenters. The predicted molar refractivity (Wildman–Crippen MR) is 82.5 cm³/mol. The predicted octanol–water partition coefficient (Wildman–Crippen LogP) is 2.00. The van der Waals surface area contributed by atoms with E-state index in [0.29, 0.717) is 6.42 Å². The van der Waals surface area contributed by atoms with E-state index in [9.17, 15) is 19.5 Å². The summed E-state index contributed by atoms with van der Waals surface area (Å²) in [6.07, 6.45) is 1.57. The number of unbranched alkanes of at least 4 members (excludes halogenated alkanes) is 1. The highest BCUT2D eigenvalue weighted by atomic mass is 16.5. The SMILES string of the molecule is CCCCOC(=O)C1C(C(=O)O)C(=O)N1C(C)c1ccccc1. The van der Waals surface area contributed by atoms with Gasteiger partial charge in [0, 0.05) is 0 Å². The number of hydrogen-bond acceptors (Lipinski definition) is 4. The molecular formula is C17H21NO5. The maximum absolute atomic E-state index is 12.2. The molecule has 1 N–H and O–H groups in total. The van der Waals surface area contributed by atoms with Crippen LogP contribution in [0.4, 0.5) is 0 Å². The summed E-state index contributed by atoms with van der Waals surface area (Å²) in [7, 11) is 0. The molecule has 0 saturated carbocycles. The van der Waals surface area contributed by atoms with E-state index in [1.807, 2.05) is 37.3 Å². The summed E-state index contributed by atoms with van der Waals surface area (Å²) in [5.74, 6) is -3.83. The highest BCUT2D eigenvalue weighted by molar-refractivity contribution is 6.09. The number of likely N-dealkylation sites (tertiary alicyclic amines) is 1. The Bertz CT molecular complexity index is 586. The van der Waals surface area contributed by atoms with Gasteiger partial charge < -0.3 is 14.7 Å². The number of carbonyl (C=O) groups is 3. The Balaban J connectivity index is 2.18. The number of aliphatic carboxylic acids is 1. The van der Waals surface area contributed by atoms with Crippen LogP contribution in [0.1, 0.15) is 38.3 Å². The molecule has 1 aliphatic heterocycles. The van der Waals surface area contributed by atoms with Crippen LogP contribution in [-0.2, 0) is 19.1 Å². The van der Waals surface area contributed by atoms with Crippen molar-refractivity contribution in [2.45, 2.75) is 38.8 Å². The number of amides is 1. The van der Waals surface area contributed by atoms with Gasteiger partial charge in [0.1, 0.15) is 0 Å². The average molecular weight is 319 g/mol. The summed E-state index contributed by atoms with van der Waals surface area (Å²) < 4.78 is 5.14. The third-order valence-corrected chi connectivity index (χ3v) is 4.08. The zero-order valence-electron chi connectivity index (χ0n) is 13.3. The van der Waals surface area contributed by atoms with E-state index < -0.39 is 29.8 Å². The van der Waals surface area contributed by atoms with Crippen LogP contribution >= 0.6 is 0 Å². The number of hydrogen-bond donors (Lipinski definition) is 1. The molecule has 0 spiro atoms. The summed E-state index contributed by atoms with van der Waals surface area (Å²) >= 11 is 0. The summed E-state index contributed by atoms with van der Waals surface area (Å²) in [4.78, 5) is 37.0. The van der Waals surface area contributed by atoms with E-state index >= 15 is 0 Å². The fraction of sp³-hybridized carbons (Fsp3) is 0.471. The van der Waals surface area contributed by atoms with Crippen molar-refractivity contribution < 1.29 is 24.2 Å². The van der Waals surface area contributed by atoms with Gasteiger partial charge in [0.25, 0.3) is 0 Å². The topological polar surface area (TPSA) is 83.9 Å². The van der Waals surface area contributed by atoms with Crippen LogP contribution in [0.2, 0.25) is 0 Å². The first-order chi connectivity index (χ1) is 11.0. The van der Waals surface area contributed by atoms with E-state index in [2.05, 4.69) is 0 Å². The maximum Gasteiger partial charge on any atom is 0.330 e. The smallest absolute Gasteiger partial charge is 0.330 e. The van der Waals surface area contributed by atoms with Crippen molar-refractivity contribution in [3.63, 3.8) is 0 Å². The molecule has 0 bridgehead atoms. The van der Waals surface area contributed by atoms with Gasteiger partial charge in [0.15, 0.2) is 12.0 Å². The Hall–Kier alpha value is -2.37. The van der Waals surface area contributed by atoms with Gasteiger partial charge in [-0.3, -0.25) is 9.59 Å². The van der Waals surface area contributed by atoms with Gasteiger partial charge in [0.2, 0.25) is 5.91 Å². The van der Waals surface area contributed by atoms with Gasteiger partial charge >= 0.3 is 11.9 Å². The average Bonchev–Trinajstić information content (AvgIpc) is 2.52.